The molecule has 7 nitrogen and oxygen atoms in total. The van der Waals surface area contributed by atoms with Crippen molar-refractivity contribution < 1.29 is 19.1 Å². The van der Waals surface area contributed by atoms with Gasteiger partial charge in [0.1, 0.15) is 12.4 Å². The van der Waals surface area contributed by atoms with Crippen LogP contribution in [0.5, 0.6) is 0 Å². The number of anilines is 1. The summed E-state index contributed by atoms with van der Waals surface area (Å²) in [6.45, 7) is 0.127. The molecule has 1 rings (SSSR count). The average Bonchev–Trinajstić information content (AvgIpc) is 2.45. The fourth-order valence-electron chi connectivity index (χ4n) is 1.43. The second-order valence-electron chi connectivity index (χ2n) is 3.76. The highest BCUT2D eigenvalue weighted by molar-refractivity contribution is 6.17. The molecule has 0 spiro atoms. The highest BCUT2D eigenvalue weighted by Crippen LogP contribution is 2.17. The Hall–Kier alpha value is -1.86. The van der Waals surface area contributed by atoms with Gasteiger partial charge in [0, 0.05) is 18.8 Å². The molecule has 1 aromatic heterocycles. The van der Waals surface area contributed by atoms with E-state index in [-0.39, 0.29) is 19.2 Å². The molecule has 0 fully saturated rings. The van der Waals surface area contributed by atoms with Crippen molar-refractivity contribution in [2.75, 3.05) is 31.6 Å². The van der Waals surface area contributed by atoms with Gasteiger partial charge in [0.2, 0.25) is 0 Å². The Bertz CT molecular complexity index is 470. The van der Waals surface area contributed by atoms with Gasteiger partial charge in [-0.3, -0.25) is 9.69 Å². The lowest BCUT2D eigenvalue weighted by atomic mass is 10.2. The lowest BCUT2D eigenvalue weighted by Crippen LogP contribution is -2.29. The highest BCUT2D eigenvalue weighted by atomic mass is 35.5. The number of halogens is 1. The molecule has 0 aliphatic carbocycles. The van der Waals surface area contributed by atoms with E-state index in [0.717, 1.165) is 0 Å². The number of ether oxygens (including phenoxy) is 2. The fourth-order valence-corrected chi connectivity index (χ4v) is 1.52. The molecule has 0 radical (unpaired) electrons. The van der Waals surface area contributed by atoms with Gasteiger partial charge >= 0.3 is 12.1 Å². The monoisotopic (exact) mass is 301 g/mol. The molecular formula is C12H16ClN3O4. The predicted octanol–water partition coefficient (Wildman–Crippen LogP) is 1.11. The number of pyridine rings is 1. The topological polar surface area (TPSA) is 80.8 Å². The zero-order chi connectivity index (χ0) is 15.0. The maximum absolute atomic E-state index is 11.6. The van der Waals surface area contributed by atoms with Gasteiger partial charge in [0.05, 0.1) is 6.54 Å². The Morgan fingerprint density at radius 2 is 2.20 bits per heavy atom. The third-order valence-electron chi connectivity index (χ3n) is 2.35. The molecule has 1 heterocycles. The zero-order valence-electron chi connectivity index (χ0n) is 11.3. The number of nitrogens with zero attached hydrogens (tertiary/aromatic N) is 2. The van der Waals surface area contributed by atoms with Gasteiger partial charge in [-0.2, -0.15) is 0 Å². The van der Waals surface area contributed by atoms with Crippen LogP contribution in [0, 0.1) is 0 Å². The Kier molecular flexibility index (Phi) is 6.75. The van der Waals surface area contributed by atoms with Crippen LogP contribution < -0.4 is 10.2 Å². The van der Waals surface area contributed by atoms with Crippen molar-refractivity contribution in [3.05, 3.63) is 23.9 Å². The number of aromatic nitrogens is 1. The first-order valence-corrected chi connectivity index (χ1v) is 6.34. The number of hydrogen-bond acceptors (Lipinski definition) is 6. The number of alkyl halides is 1. The molecule has 0 unspecified atom stereocenters. The first kappa shape index (κ1) is 16.2. The first-order valence-electron chi connectivity index (χ1n) is 5.80. The minimum absolute atomic E-state index is 0.0161. The summed E-state index contributed by atoms with van der Waals surface area (Å²) >= 11 is 5.34. The lowest BCUT2D eigenvalue weighted by Gasteiger charge is -2.18. The Morgan fingerprint density at radius 3 is 2.85 bits per heavy atom. The minimum Gasteiger partial charge on any atom is -0.460 e. The number of likely N-dealkylation sites (N-methyl/N-ethyl adjacent to an activating group) is 1. The highest BCUT2D eigenvalue weighted by Gasteiger charge is 2.17. The normalized spacial score (nSPS) is 9.95. The number of nitrogens with one attached hydrogen (secondary N) is 1. The van der Waals surface area contributed by atoms with Gasteiger partial charge in [0.15, 0.2) is 6.07 Å². The standard InChI is InChI=1S/C12H16ClN3O4/c1-14-6-10(17)19-7-9-4-3-5-15-11(9)16(2)12(18)20-8-13/h3-5,14H,6-8H2,1-2H3. The molecule has 20 heavy (non-hydrogen) atoms. The van der Waals surface area contributed by atoms with Gasteiger partial charge in [-0.05, 0) is 13.1 Å². The van der Waals surface area contributed by atoms with E-state index in [4.69, 9.17) is 16.3 Å². The van der Waals surface area contributed by atoms with Gasteiger partial charge < -0.3 is 14.8 Å². The van der Waals surface area contributed by atoms with Crippen molar-refractivity contribution in [1.29, 1.82) is 0 Å². The molecule has 0 aliphatic heterocycles. The number of esters is 1. The first-order chi connectivity index (χ1) is 9.60. The van der Waals surface area contributed by atoms with Gasteiger partial charge in [0.25, 0.3) is 0 Å². The Balaban J connectivity index is 2.77. The molecule has 1 amide bonds. The van der Waals surface area contributed by atoms with Crippen molar-refractivity contribution >= 4 is 29.5 Å². The van der Waals surface area contributed by atoms with Gasteiger partial charge in [-0.1, -0.05) is 17.7 Å². The summed E-state index contributed by atoms with van der Waals surface area (Å²) in [6.07, 6.45) is 0.889. The molecule has 0 saturated heterocycles. The molecule has 0 saturated carbocycles. The third kappa shape index (κ3) is 4.67. The Morgan fingerprint density at radius 1 is 1.45 bits per heavy atom. The second-order valence-corrected chi connectivity index (χ2v) is 3.97. The van der Waals surface area contributed by atoms with Crippen molar-refractivity contribution in [2.24, 2.45) is 0 Å². The average molecular weight is 302 g/mol. The van der Waals surface area contributed by atoms with Crippen LogP contribution in [0.1, 0.15) is 5.56 Å². The van der Waals surface area contributed by atoms with Crippen molar-refractivity contribution in [1.82, 2.24) is 10.3 Å². The summed E-state index contributed by atoms with van der Waals surface area (Å²) in [7, 11) is 3.14. The molecule has 8 heteroatoms. The van der Waals surface area contributed by atoms with E-state index in [9.17, 15) is 9.59 Å². The van der Waals surface area contributed by atoms with E-state index in [1.165, 1.54) is 18.1 Å². The van der Waals surface area contributed by atoms with E-state index < -0.39 is 12.1 Å². The van der Waals surface area contributed by atoms with Crippen LogP contribution in [-0.4, -0.2) is 43.8 Å². The van der Waals surface area contributed by atoms with E-state index in [1.807, 2.05) is 0 Å². The van der Waals surface area contributed by atoms with Gasteiger partial charge in [-0.15, -0.1) is 0 Å². The van der Waals surface area contributed by atoms with Gasteiger partial charge in [-0.25, -0.2) is 9.78 Å². The minimum atomic E-state index is -0.637. The fraction of sp³-hybridized carbons (Fsp3) is 0.417. The van der Waals surface area contributed by atoms with E-state index in [2.05, 4.69) is 15.0 Å². The van der Waals surface area contributed by atoms with Crippen molar-refractivity contribution in [3.8, 4) is 0 Å². The van der Waals surface area contributed by atoms with E-state index in [1.54, 1.807) is 19.2 Å². The summed E-state index contributed by atoms with van der Waals surface area (Å²) in [5, 5.41) is 2.69. The SMILES string of the molecule is CNCC(=O)OCc1cccnc1N(C)C(=O)OCCl. The van der Waals surface area contributed by atoms with E-state index in [0.29, 0.717) is 11.4 Å². The molecule has 110 valence electrons. The summed E-state index contributed by atoms with van der Waals surface area (Å²) in [5.41, 5.74) is 0.589. The molecule has 1 aromatic rings. The largest absolute Gasteiger partial charge is 0.460 e. The molecule has 0 aromatic carbocycles. The molecule has 1 N–H and O–H groups in total. The molecule has 0 aliphatic rings. The predicted molar refractivity (Wildman–Crippen MR) is 73.6 cm³/mol. The number of rotatable bonds is 6. The van der Waals surface area contributed by atoms with Crippen LogP contribution in [0.4, 0.5) is 10.6 Å². The number of carbonyl (C=O) groups excluding carboxylic acids is 2. The van der Waals surface area contributed by atoms with Crippen LogP contribution in [0.25, 0.3) is 0 Å². The molecule has 0 atom stereocenters. The third-order valence-corrected chi connectivity index (χ3v) is 2.46. The van der Waals surface area contributed by atoms with Crippen LogP contribution in [0.2, 0.25) is 0 Å². The summed E-state index contributed by atoms with van der Waals surface area (Å²) in [6, 6.07) is 3.15. The Labute approximate surface area is 121 Å². The molecular weight excluding hydrogens is 286 g/mol. The maximum Gasteiger partial charge on any atom is 0.416 e. The second kappa shape index (κ2) is 8.34. The van der Waals surface area contributed by atoms with E-state index >= 15 is 0 Å². The quantitative estimate of drug-likeness (QED) is 0.626. The smallest absolute Gasteiger partial charge is 0.416 e. The maximum atomic E-state index is 11.6. The van der Waals surface area contributed by atoms with Crippen LogP contribution in [0.15, 0.2) is 18.3 Å². The van der Waals surface area contributed by atoms with Crippen LogP contribution in [-0.2, 0) is 20.9 Å². The van der Waals surface area contributed by atoms with Crippen molar-refractivity contribution in [3.63, 3.8) is 0 Å². The van der Waals surface area contributed by atoms with Crippen LogP contribution >= 0.6 is 11.6 Å². The summed E-state index contributed by atoms with van der Waals surface area (Å²) in [4.78, 5) is 28.2. The number of amides is 1. The molecule has 0 bridgehead atoms. The van der Waals surface area contributed by atoms with Crippen LogP contribution in [0.3, 0.4) is 0 Å². The zero-order valence-corrected chi connectivity index (χ0v) is 12.0. The summed E-state index contributed by atoms with van der Waals surface area (Å²) in [5.74, 6) is -0.0480. The lowest BCUT2D eigenvalue weighted by molar-refractivity contribution is -0.143. The van der Waals surface area contributed by atoms with Crippen molar-refractivity contribution in [2.45, 2.75) is 6.61 Å². The number of carbonyl (C=O) groups is 2. The summed E-state index contributed by atoms with van der Waals surface area (Å²) < 4.78 is 9.72. The number of hydrogen-bond donors (Lipinski definition) is 1.